The lowest BCUT2D eigenvalue weighted by Gasteiger charge is -2.20. The smallest absolute Gasteiger partial charge is 0.323 e. The molecule has 1 unspecified atom stereocenters. The molecule has 0 amide bonds. The zero-order valence-corrected chi connectivity index (χ0v) is 12.0. The first-order valence-corrected chi connectivity index (χ1v) is 7.03. The van der Waals surface area contributed by atoms with Crippen molar-refractivity contribution in [1.29, 1.82) is 0 Å². The molecule has 0 saturated heterocycles. The highest BCUT2D eigenvalue weighted by molar-refractivity contribution is 5.75. The highest BCUT2D eigenvalue weighted by atomic mass is 16.5. The maximum absolute atomic E-state index is 11.7. The molecule has 19 heavy (non-hydrogen) atoms. The lowest BCUT2D eigenvalue weighted by molar-refractivity contribution is -0.144. The second-order valence-electron chi connectivity index (χ2n) is 5.58. The standard InChI is InChI=1S/C16H23NO2/c1-11(2)15(16(18)19-3)17-10-12-7-8-13-5-4-6-14(13)9-12/h7-9,11,15,17H,4-6,10H2,1-3H3. The lowest BCUT2D eigenvalue weighted by atomic mass is 10.0. The highest BCUT2D eigenvalue weighted by Crippen LogP contribution is 2.22. The summed E-state index contributed by atoms with van der Waals surface area (Å²) in [4.78, 5) is 11.7. The Kier molecular flexibility index (Phi) is 4.59. The van der Waals surface area contributed by atoms with Crippen LogP contribution in [0.2, 0.25) is 0 Å². The molecule has 1 aromatic rings. The summed E-state index contributed by atoms with van der Waals surface area (Å²) in [6.45, 7) is 4.76. The second-order valence-corrected chi connectivity index (χ2v) is 5.58. The van der Waals surface area contributed by atoms with E-state index in [4.69, 9.17) is 4.74 Å². The van der Waals surface area contributed by atoms with E-state index in [1.54, 1.807) is 0 Å². The van der Waals surface area contributed by atoms with Crippen LogP contribution in [0.1, 0.15) is 37.0 Å². The number of nitrogens with one attached hydrogen (secondary N) is 1. The van der Waals surface area contributed by atoms with E-state index in [9.17, 15) is 4.79 Å². The first-order valence-electron chi connectivity index (χ1n) is 7.03. The summed E-state index contributed by atoms with van der Waals surface area (Å²) in [5, 5.41) is 3.30. The first-order chi connectivity index (χ1) is 9.11. The molecule has 0 heterocycles. The number of hydrogen-bond acceptors (Lipinski definition) is 3. The van der Waals surface area contributed by atoms with E-state index in [0.29, 0.717) is 6.54 Å². The number of carbonyl (C=O) groups excluding carboxylic acids is 1. The Labute approximate surface area is 115 Å². The lowest BCUT2D eigenvalue weighted by Crippen LogP contribution is -2.41. The van der Waals surface area contributed by atoms with Crippen LogP contribution in [0.4, 0.5) is 0 Å². The third-order valence-corrected chi connectivity index (χ3v) is 3.81. The van der Waals surface area contributed by atoms with Gasteiger partial charge in [-0.3, -0.25) is 4.79 Å². The molecule has 104 valence electrons. The minimum Gasteiger partial charge on any atom is -0.468 e. The summed E-state index contributed by atoms with van der Waals surface area (Å²) in [5.41, 5.74) is 4.20. The van der Waals surface area contributed by atoms with Crippen molar-refractivity contribution in [3.63, 3.8) is 0 Å². The van der Waals surface area contributed by atoms with Crippen LogP contribution in [0.25, 0.3) is 0 Å². The van der Waals surface area contributed by atoms with E-state index in [1.807, 2.05) is 13.8 Å². The minimum atomic E-state index is -0.238. The van der Waals surface area contributed by atoms with E-state index in [-0.39, 0.29) is 17.9 Å². The van der Waals surface area contributed by atoms with Crippen LogP contribution >= 0.6 is 0 Å². The monoisotopic (exact) mass is 261 g/mol. The van der Waals surface area contributed by atoms with Crippen molar-refractivity contribution in [2.24, 2.45) is 5.92 Å². The number of aryl methyl sites for hydroxylation is 2. The molecule has 0 radical (unpaired) electrons. The van der Waals surface area contributed by atoms with E-state index in [2.05, 4.69) is 23.5 Å². The Morgan fingerprint density at radius 1 is 1.32 bits per heavy atom. The average molecular weight is 261 g/mol. The highest BCUT2D eigenvalue weighted by Gasteiger charge is 2.22. The number of hydrogen-bond donors (Lipinski definition) is 1. The number of fused-ring (bicyclic) bond motifs is 1. The molecule has 1 N–H and O–H groups in total. The van der Waals surface area contributed by atoms with E-state index in [1.165, 1.54) is 43.1 Å². The van der Waals surface area contributed by atoms with Gasteiger partial charge in [-0.1, -0.05) is 32.0 Å². The number of rotatable bonds is 5. The number of carbonyl (C=O) groups is 1. The van der Waals surface area contributed by atoms with Crippen molar-refractivity contribution in [3.05, 3.63) is 34.9 Å². The van der Waals surface area contributed by atoms with Crippen LogP contribution in [0, 0.1) is 5.92 Å². The average Bonchev–Trinajstić information content (AvgIpc) is 2.85. The first kappa shape index (κ1) is 14.1. The Morgan fingerprint density at radius 2 is 2.05 bits per heavy atom. The van der Waals surface area contributed by atoms with Gasteiger partial charge < -0.3 is 10.1 Å². The predicted molar refractivity (Wildman–Crippen MR) is 75.9 cm³/mol. The fourth-order valence-corrected chi connectivity index (χ4v) is 2.68. The summed E-state index contributed by atoms with van der Waals surface area (Å²) < 4.78 is 4.83. The molecule has 1 aliphatic carbocycles. The van der Waals surface area contributed by atoms with Gasteiger partial charge in [-0.25, -0.2) is 0 Å². The maximum atomic E-state index is 11.7. The van der Waals surface area contributed by atoms with Crippen molar-refractivity contribution in [2.45, 2.75) is 45.7 Å². The van der Waals surface area contributed by atoms with Gasteiger partial charge in [0.2, 0.25) is 0 Å². The van der Waals surface area contributed by atoms with Gasteiger partial charge in [-0.05, 0) is 41.9 Å². The summed E-state index contributed by atoms with van der Waals surface area (Å²) in [6, 6.07) is 6.41. The molecule has 3 nitrogen and oxygen atoms in total. The van der Waals surface area contributed by atoms with Gasteiger partial charge in [0.1, 0.15) is 6.04 Å². The summed E-state index contributed by atoms with van der Waals surface area (Å²) >= 11 is 0. The number of methoxy groups -OCH3 is 1. The van der Waals surface area contributed by atoms with Crippen molar-refractivity contribution >= 4 is 5.97 Å². The fourth-order valence-electron chi connectivity index (χ4n) is 2.68. The predicted octanol–water partition coefficient (Wildman–Crippen LogP) is 2.46. The molecule has 3 heteroatoms. The number of ether oxygens (including phenoxy) is 1. The molecule has 0 fully saturated rings. The number of benzene rings is 1. The van der Waals surface area contributed by atoms with E-state index in [0.717, 1.165) is 0 Å². The normalized spacial score (nSPS) is 15.4. The molecule has 0 aromatic heterocycles. The third kappa shape index (κ3) is 3.35. The quantitative estimate of drug-likeness (QED) is 0.827. The Morgan fingerprint density at radius 3 is 2.74 bits per heavy atom. The molecule has 0 bridgehead atoms. The van der Waals surface area contributed by atoms with Gasteiger partial charge in [0.15, 0.2) is 0 Å². The molecule has 0 aliphatic heterocycles. The fraction of sp³-hybridized carbons (Fsp3) is 0.562. The molecule has 1 atom stereocenters. The Balaban J connectivity index is 1.99. The SMILES string of the molecule is COC(=O)C(NCc1ccc2c(c1)CCC2)C(C)C. The number of esters is 1. The van der Waals surface area contributed by atoms with Gasteiger partial charge in [0, 0.05) is 6.54 Å². The zero-order chi connectivity index (χ0) is 13.8. The topological polar surface area (TPSA) is 38.3 Å². The molecular weight excluding hydrogens is 238 g/mol. The van der Waals surface area contributed by atoms with Gasteiger partial charge in [0.25, 0.3) is 0 Å². The molecule has 1 aromatic carbocycles. The zero-order valence-electron chi connectivity index (χ0n) is 12.0. The van der Waals surface area contributed by atoms with Crippen LogP contribution < -0.4 is 5.32 Å². The van der Waals surface area contributed by atoms with Crippen molar-refractivity contribution in [2.75, 3.05) is 7.11 Å². The molecule has 1 aliphatic rings. The summed E-state index contributed by atoms with van der Waals surface area (Å²) in [6.07, 6.45) is 3.66. The summed E-state index contributed by atoms with van der Waals surface area (Å²) in [7, 11) is 1.44. The van der Waals surface area contributed by atoms with Crippen LogP contribution in [0.15, 0.2) is 18.2 Å². The minimum absolute atomic E-state index is 0.184. The Hall–Kier alpha value is -1.35. The molecule has 0 saturated carbocycles. The van der Waals surface area contributed by atoms with Crippen LogP contribution in [0.3, 0.4) is 0 Å². The molecule has 0 spiro atoms. The third-order valence-electron chi connectivity index (χ3n) is 3.81. The summed E-state index contributed by atoms with van der Waals surface area (Å²) in [5.74, 6) is 0.0398. The largest absolute Gasteiger partial charge is 0.468 e. The van der Waals surface area contributed by atoms with E-state index >= 15 is 0 Å². The Bertz CT molecular complexity index is 454. The van der Waals surface area contributed by atoms with Crippen LogP contribution in [-0.2, 0) is 28.9 Å². The van der Waals surface area contributed by atoms with Gasteiger partial charge in [-0.15, -0.1) is 0 Å². The van der Waals surface area contributed by atoms with Crippen molar-refractivity contribution in [1.82, 2.24) is 5.32 Å². The van der Waals surface area contributed by atoms with Crippen LogP contribution in [-0.4, -0.2) is 19.1 Å². The molecular formula is C16H23NO2. The van der Waals surface area contributed by atoms with Crippen molar-refractivity contribution in [3.8, 4) is 0 Å². The van der Waals surface area contributed by atoms with Gasteiger partial charge in [-0.2, -0.15) is 0 Å². The molecule has 2 rings (SSSR count). The van der Waals surface area contributed by atoms with Gasteiger partial charge >= 0.3 is 5.97 Å². The second kappa shape index (κ2) is 6.20. The maximum Gasteiger partial charge on any atom is 0.323 e. The van der Waals surface area contributed by atoms with Crippen LogP contribution in [0.5, 0.6) is 0 Å². The van der Waals surface area contributed by atoms with Crippen molar-refractivity contribution < 1.29 is 9.53 Å². The van der Waals surface area contributed by atoms with Gasteiger partial charge in [0.05, 0.1) is 7.11 Å². The van der Waals surface area contributed by atoms with E-state index < -0.39 is 0 Å².